The first-order chi connectivity index (χ1) is 15.6. The van der Waals surface area contributed by atoms with Gasteiger partial charge < -0.3 is 4.74 Å². The van der Waals surface area contributed by atoms with Gasteiger partial charge >= 0.3 is 0 Å². The maximum absolute atomic E-state index is 13.0. The van der Waals surface area contributed by atoms with E-state index in [1.54, 1.807) is 6.92 Å². The first-order valence-corrected chi connectivity index (χ1v) is 12.5. The zero-order valence-corrected chi connectivity index (χ0v) is 21.1. The molecule has 33 heavy (non-hydrogen) atoms. The zero-order valence-electron chi connectivity index (χ0n) is 20.3. The van der Waals surface area contributed by atoms with E-state index in [4.69, 9.17) is 9.72 Å². The molecule has 0 N–H and O–H groups in total. The molecular weight excluding hydrogens is 430 g/mol. The number of hydrogen-bond acceptors (Lipinski definition) is 5. The number of ether oxygens (including phenoxy) is 1. The molecule has 1 aromatic carbocycles. The molecule has 0 radical (unpaired) electrons. The molecule has 4 aromatic rings. The number of carbonyl (C=O) groups is 1. The third-order valence-electron chi connectivity index (χ3n) is 6.47. The van der Waals surface area contributed by atoms with Crippen molar-refractivity contribution in [2.45, 2.75) is 72.0 Å². The summed E-state index contributed by atoms with van der Waals surface area (Å²) in [6, 6.07) is 6.47. The smallest absolute Gasteiger partial charge is 0.163 e. The molecule has 0 amide bonds. The second-order valence-electron chi connectivity index (χ2n) is 10.1. The number of Topliss-reactive ketones (excluding diaryl/α,β-unsaturated/α-hetero) is 1. The molecule has 0 aliphatic heterocycles. The third kappa shape index (κ3) is 3.89. The van der Waals surface area contributed by atoms with E-state index >= 15 is 0 Å². The Morgan fingerprint density at radius 1 is 1.21 bits per heavy atom. The average Bonchev–Trinajstić information content (AvgIpc) is 3.30. The van der Waals surface area contributed by atoms with Crippen molar-refractivity contribution in [2.75, 3.05) is 0 Å². The number of pyridine rings is 1. The van der Waals surface area contributed by atoms with Crippen molar-refractivity contribution < 1.29 is 9.53 Å². The second-order valence-corrected chi connectivity index (χ2v) is 11.2. The van der Waals surface area contributed by atoms with E-state index in [0.717, 1.165) is 51.0 Å². The van der Waals surface area contributed by atoms with Crippen molar-refractivity contribution in [1.29, 1.82) is 0 Å². The summed E-state index contributed by atoms with van der Waals surface area (Å²) in [6.07, 6.45) is 5.81. The highest BCUT2D eigenvalue weighted by Crippen LogP contribution is 2.46. The van der Waals surface area contributed by atoms with Crippen LogP contribution >= 0.6 is 11.3 Å². The van der Waals surface area contributed by atoms with Crippen LogP contribution in [-0.2, 0) is 29.4 Å². The van der Waals surface area contributed by atoms with Gasteiger partial charge in [-0.15, -0.1) is 11.3 Å². The summed E-state index contributed by atoms with van der Waals surface area (Å²) in [4.78, 5) is 20.5. The minimum atomic E-state index is -0.668. The highest BCUT2D eigenvalue weighted by Gasteiger charge is 2.32. The average molecular weight is 462 g/mol. The van der Waals surface area contributed by atoms with E-state index in [0.29, 0.717) is 0 Å². The minimum Gasteiger partial charge on any atom is -0.360 e. The lowest BCUT2D eigenvalue weighted by atomic mass is 9.87. The van der Waals surface area contributed by atoms with Crippen LogP contribution in [0.25, 0.3) is 32.2 Å². The minimum absolute atomic E-state index is 0.00105. The Kier molecular flexibility index (Phi) is 5.41. The van der Waals surface area contributed by atoms with Gasteiger partial charge in [-0.25, -0.2) is 4.98 Å². The monoisotopic (exact) mass is 461 g/mol. The van der Waals surface area contributed by atoms with Crippen molar-refractivity contribution >= 4 is 38.2 Å². The first-order valence-electron chi connectivity index (χ1n) is 11.7. The molecule has 5 rings (SSSR count). The van der Waals surface area contributed by atoms with Gasteiger partial charge in [-0.05, 0) is 77.5 Å². The number of rotatable bonds is 4. The van der Waals surface area contributed by atoms with E-state index in [1.165, 1.54) is 28.7 Å². The van der Waals surface area contributed by atoms with Crippen LogP contribution in [0.4, 0.5) is 0 Å². The number of aromatic nitrogens is 3. The van der Waals surface area contributed by atoms with Gasteiger partial charge in [0, 0.05) is 39.5 Å². The lowest BCUT2D eigenvalue weighted by Crippen LogP contribution is -2.27. The van der Waals surface area contributed by atoms with Crippen LogP contribution < -0.4 is 0 Å². The second kappa shape index (κ2) is 8.03. The van der Waals surface area contributed by atoms with Crippen LogP contribution in [0.15, 0.2) is 24.4 Å². The van der Waals surface area contributed by atoms with Crippen LogP contribution in [0.3, 0.4) is 0 Å². The van der Waals surface area contributed by atoms with Gasteiger partial charge in [0.15, 0.2) is 5.78 Å². The number of hydrogen-bond donors (Lipinski definition) is 0. The van der Waals surface area contributed by atoms with E-state index in [9.17, 15) is 4.79 Å². The van der Waals surface area contributed by atoms with Crippen molar-refractivity contribution in [1.82, 2.24) is 14.8 Å². The maximum atomic E-state index is 13.0. The molecule has 3 aromatic heterocycles. The van der Waals surface area contributed by atoms with E-state index in [1.807, 2.05) is 57.0 Å². The van der Waals surface area contributed by atoms with E-state index < -0.39 is 11.7 Å². The molecule has 0 saturated carbocycles. The fourth-order valence-corrected chi connectivity index (χ4v) is 6.35. The van der Waals surface area contributed by atoms with E-state index in [-0.39, 0.29) is 5.78 Å². The van der Waals surface area contributed by atoms with Crippen molar-refractivity contribution in [3.8, 4) is 11.1 Å². The van der Waals surface area contributed by atoms with E-state index in [2.05, 4.69) is 23.3 Å². The van der Waals surface area contributed by atoms with Crippen LogP contribution in [-0.4, -0.2) is 26.1 Å². The summed E-state index contributed by atoms with van der Waals surface area (Å²) in [6.45, 7) is 9.63. The summed E-state index contributed by atoms with van der Waals surface area (Å²) in [5, 5.41) is 6.74. The number of fused-ring (bicyclic) bond motifs is 4. The molecule has 172 valence electrons. The van der Waals surface area contributed by atoms with Crippen LogP contribution in [0.5, 0.6) is 0 Å². The van der Waals surface area contributed by atoms with Gasteiger partial charge in [-0.1, -0.05) is 12.1 Å². The molecule has 6 heteroatoms. The number of ketones is 1. The Labute approximate surface area is 198 Å². The Bertz CT molecular complexity index is 1390. The van der Waals surface area contributed by atoms with Crippen LogP contribution in [0.2, 0.25) is 0 Å². The molecule has 3 heterocycles. The molecule has 1 unspecified atom stereocenters. The van der Waals surface area contributed by atoms with Crippen molar-refractivity contribution in [2.24, 2.45) is 7.05 Å². The number of nitrogens with zero attached hydrogens (tertiary/aromatic N) is 3. The molecular formula is C27H31N3O2S. The topological polar surface area (TPSA) is 57.0 Å². The summed E-state index contributed by atoms with van der Waals surface area (Å²) in [7, 11) is 1.97. The number of benzene rings is 1. The molecule has 0 bridgehead atoms. The van der Waals surface area contributed by atoms with Crippen LogP contribution in [0, 0.1) is 6.92 Å². The first kappa shape index (κ1) is 22.2. The van der Waals surface area contributed by atoms with Gasteiger partial charge in [0.25, 0.3) is 0 Å². The predicted octanol–water partition coefficient (Wildman–Crippen LogP) is 6.48. The largest absolute Gasteiger partial charge is 0.360 e. The van der Waals surface area contributed by atoms with Crippen molar-refractivity contribution in [3.63, 3.8) is 0 Å². The molecule has 1 aliphatic rings. The highest BCUT2D eigenvalue weighted by atomic mass is 32.1. The van der Waals surface area contributed by atoms with Gasteiger partial charge in [0.1, 0.15) is 10.9 Å². The molecule has 0 saturated heterocycles. The standard InChI is InChI=1S/C27H31N3O2S/c1-15-22(25(16(2)31)32-27(3,4)5)23(17-11-12-18-14-28-30(6)20(18)13-17)24-19-9-7-8-10-21(19)33-26(24)29-15/h11-14,25H,7-10H2,1-6H3. The Balaban J connectivity index is 1.88. The molecule has 5 nitrogen and oxygen atoms in total. The predicted molar refractivity (Wildman–Crippen MR) is 135 cm³/mol. The molecule has 0 spiro atoms. The number of aryl methyl sites for hydroxylation is 4. The number of carbonyl (C=O) groups excluding carboxylic acids is 1. The maximum Gasteiger partial charge on any atom is 0.163 e. The van der Waals surface area contributed by atoms with Gasteiger partial charge in [0.05, 0.1) is 17.3 Å². The third-order valence-corrected chi connectivity index (χ3v) is 7.66. The summed E-state index contributed by atoms with van der Waals surface area (Å²) < 4.78 is 8.29. The fourth-order valence-electron chi connectivity index (χ4n) is 5.04. The lowest BCUT2D eigenvalue weighted by molar-refractivity contribution is -0.138. The number of thiophene rings is 1. The fraction of sp³-hybridized carbons (Fsp3) is 0.444. The Morgan fingerprint density at radius 2 is 1.97 bits per heavy atom. The summed E-state index contributed by atoms with van der Waals surface area (Å²) in [5.74, 6) is 0.00105. The quantitative estimate of drug-likeness (QED) is 0.349. The van der Waals surface area contributed by atoms with Crippen molar-refractivity contribution in [3.05, 3.63) is 46.1 Å². The van der Waals surface area contributed by atoms with Gasteiger partial charge in [-0.3, -0.25) is 9.48 Å². The van der Waals surface area contributed by atoms with Gasteiger partial charge in [-0.2, -0.15) is 5.10 Å². The molecule has 0 fully saturated rings. The molecule has 1 atom stereocenters. The SMILES string of the molecule is CC(=O)C(OC(C)(C)C)c1c(C)nc2sc3c(c2c1-c1ccc2cnn(C)c2c1)CCCC3. The lowest BCUT2D eigenvalue weighted by Gasteiger charge is -2.29. The molecule has 1 aliphatic carbocycles. The summed E-state index contributed by atoms with van der Waals surface area (Å²) >= 11 is 1.82. The van der Waals surface area contributed by atoms with Gasteiger partial charge in [0.2, 0.25) is 0 Å². The summed E-state index contributed by atoms with van der Waals surface area (Å²) in [5.41, 5.74) is 5.98. The zero-order chi connectivity index (χ0) is 23.5. The Hall–Kier alpha value is -2.57. The normalized spacial score (nSPS) is 15.2. The highest BCUT2D eigenvalue weighted by molar-refractivity contribution is 7.19. The van der Waals surface area contributed by atoms with Crippen LogP contribution in [0.1, 0.15) is 68.3 Å². The Morgan fingerprint density at radius 3 is 2.70 bits per heavy atom.